The number of carbonyl (C=O) groups is 2. The lowest BCUT2D eigenvalue weighted by Gasteiger charge is -2.18. The predicted molar refractivity (Wildman–Crippen MR) is 150 cm³/mol. The molecule has 0 aliphatic carbocycles. The van der Waals surface area contributed by atoms with Crippen LogP contribution in [-0.2, 0) is 12.8 Å². The smallest absolute Gasteiger partial charge is 0.255 e. The first kappa shape index (κ1) is 24.7. The molecule has 7 heteroatoms. The Labute approximate surface area is 219 Å². The van der Waals surface area contributed by atoms with E-state index in [0.29, 0.717) is 48.6 Å². The van der Waals surface area contributed by atoms with E-state index in [0.717, 1.165) is 27.1 Å². The Hall–Kier alpha value is -3.97. The molecular weight excluding hydrogens is 484 g/mol. The second-order valence-corrected chi connectivity index (χ2v) is 10.4. The van der Waals surface area contributed by atoms with Gasteiger partial charge in [0.2, 0.25) is 0 Å². The second-order valence-electron chi connectivity index (χ2n) is 9.17. The van der Waals surface area contributed by atoms with Crippen molar-refractivity contribution in [2.24, 2.45) is 0 Å². The maximum absolute atomic E-state index is 13.0. The molecule has 4 bridgehead atoms. The predicted octanol–water partition coefficient (Wildman–Crippen LogP) is 4.95. The van der Waals surface area contributed by atoms with Gasteiger partial charge in [0.05, 0.1) is 11.1 Å². The van der Waals surface area contributed by atoms with Crippen molar-refractivity contribution in [2.45, 2.75) is 12.8 Å². The van der Waals surface area contributed by atoms with E-state index < -0.39 is 0 Å². The number of phenols is 2. The molecular formula is C30H28N2O4S. The first-order valence-corrected chi connectivity index (χ1v) is 13.4. The van der Waals surface area contributed by atoms with E-state index in [2.05, 4.69) is 17.2 Å². The largest absolute Gasteiger partial charge is 0.507 e. The number of rotatable bonds is 0. The Bertz CT molecular complexity index is 1430. The SMILES string of the molecule is C=C1Cc2c(O)c(cc3ccccc23)C(=O)NCCSCCNC(=O)c2cc3ccccc3c(c2O)C1. The minimum atomic E-state index is -0.332. The van der Waals surface area contributed by atoms with Gasteiger partial charge in [0, 0.05) is 35.7 Å². The third-order valence-electron chi connectivity index (χ3n) is 6.66. The zero-order valence-corrected chi connectivity index (χ0v) is 21.2. The molecule has 5 rings (SSSR count). The molecule has 2 amide bonds. The number of allylic oxidation sites excluding steroid dienone is 1. The van der Waals surface area contributed by atoms with Gasteiger partial charge in [0.1, 0.15) is 11.5 Å². The molecule has 0 saturated carbocycles. The van der Waals surface area contributed by atoms with Crippen molar-refractivity contribution in [3.63, 3.8) is 0 Å². The van der Waals surface area contributed by atoms with Gasteiger partial charge in [-0.2, -0.15) is 11.8 Å². The molecule has 0 saturated heterocycles. The number of benzene rings is 4. The quantitative estimate of drug-likeness (QED) is 0.250. The van der Waals surface area contributed by atoms with Crippen LogP contribution in [0.15, 0.2) is 72.8 Å². The Kier molecular flexibility index (Phi) is 7.06. The van der Waals surface area contributed by atoms with Gasteiger partial charge in [-0.1, -0.05) is 60.7 Å². The maximum atomic E-state index is 13.0. The zero-order chi connectivity index (χ0) is 25.9. The van der Waals surface area contributed by atoms with E-state index >= 15 is 0 Å². The molecule has 0 spiro atoms. The minimum Gasteiger partial charge on any atom is -0.507 e. The van der Waals surface area contributed by atoms with Gasteiger partial charge in [-0.25, -0.2) is 0 Å². The van der Waals surface area contributed by atoms with E-state index in [1.165, 1.54) is 0 Å². The summed E-state index contributed by atoms with van der Waals surface area (Å²) in [6.45, 7) is 5.12. The fourth-order valence-corrected chi connectivity index (χ4v) is 5.55. The fraction of sp³-hybridized carbons (Fsp3) is 0.200. The van der Waals surface area contributed by atoms with E-state index in [9.17, 15) is 19.8 Å². The van der Waals surface area contributed by atoms with Crippen molar-refractivity contribution in [3.8, 4) is 11.5 Å². The van der Waals surface area contributed by atoms with Gasteiger partial charge >= 0.3 is 0 Å². The van der Waals surface area contributed by atoms with Crippen molar-refractivity contribution in [2.75, 3.05) is 24.6 Å². The molecule has 0 aromatic heterocycles. The Balaban J connectivity index is 1.62. The molecule has 0 radical (unpaired) electrons. The maximum Gasteiger partial charge on any atom is 0.255 e. The van der Waals surface area contributed by atoms with Crippen LogP contribution >= 0.6 is 11.8 Å². The molecule has 0 unspecified atom stereocenters. The summed E-state index contributed by atoms with van der Waals surface area (Å²) in [4.78, 5) is 26.0. The molecule has 6 nitrogen and oxygen atoms in total. The Morgan fingerprint density at radius 3 is 1.59 bits per heavy atom. The van der Waals surface area contributed by atoms with Crippen LogP contribution in [0.1, 0.15) is 31.8 Å². The average molecular weight is 513 g/mol. The molecule has 4 N–H and O–H groups in total. The van der Waals surface area contributed by atoms with Crippen LogP contribution in [0.4, 0.5) is 0 Å². The number of amides is 2. The summed E-state index contributed by atoms with van der Waals surface area (Å²) in [5.74, 6) is 0.528. The van der Waals surface area contributed by atoms with Gasteiger partial charge in [-0.15, -0.1) is 0 Å². The van der Waals surface area contributed by atoms with Crippen molar-refractivity contribution in [3.05, 3.63) is 95.1 Å². The lowest BCUT2D eigenvalue weighted by molar-refractivity contribution is 0.0945. The van der Waals surface area contributed by atoms with Crippen molar-refractivity contribution in [1.29, 1.82) is 0 Å². The van der Waals surface area contributed by atoms with E-state index in [4.69, 9.17) is 0 Å². The summed E-state index contributed by atoms with van der Waals surface area (Å²) in [6, 6.07) is 18.7. The first-order valence-electron chi connectivity index (χ1n) is 12.2. The molecule has 0 fully saturated rings. The molecule has 0 atom stereocenters. The highest BCUT2D eigenvalue weighted by Crippen LogP contribution is 2.36. The van der Waals surface area contributed by atoms with Crippen molar-refractivity contribution < 1.29 is 19.8 Å². The van der Waals surface area contributed by atoms with Gasteiger partial charge < -0.3 is 20.8 Å². The Morgan fingerprint density at radius 1 is 0.703 bits per heavy atom. The first-order chi connectivity index (χ1) is 17.9. The van der Waals surface area contributed by atoms with Crippen LogP contribution in [-0.4, -0.2) is 46.6 Å². The highest BCUT2D eigenvalue weighted by Gasteiger charge is 2.21. The number of hydrogen-bond acceptors (Lipinski definition) is 5. The normalized spacial score (nSPS) is 15.6. The summed E-state index contributed by atoms with van der Waals surface area (Å²) >= 11 is 1.60. The second kappa shape index (κ2) is 10.6. The number of aromatic hydroxyl groups is 2. The highest BCUT2D eigenvalue weighted by molar-refractivity contribution is 7.99. The molecule has 1 heterocycles. The monoisotopic (exact) mass is 512 g/mol. The third-order valence-corrected chi connectivity index (χ3v) is 7.65. The molecule has 1 aliphatic rings. The van der Waals surface area contributed by atoms with Gasteiger partial charge in [0.25, 0.3) is 11.8 Å². The van der Waals surface area contributed by atoms with E-state index in [1.54, 1.807) is 23.9 Å². The summed E-state index contributed by atoms with van der Waals surface area (Å²) in [5.41, 5.74) is 2.42. The number of carbonyl (C=O) groups excluding carboxylic acids is 2. The molecule has 37 heavy (non-hydrogen) atoms. The topological polar surface area (TPSA) is 98.7 Å². The molecule has 188 valence electrons. The van der Waals surface area contributed by atoms with Crippen LogP contribution < -0.4 is 10.6 Å². The van der Waals surface area contributed by atoms with Crippen LogP contribution in [0, 0.1) is 0 Å². The summed E-state index contributed by atoms with van der Waals surface area (Å²) in [7, 11) is 0. The standard InChI is InChI=1S/C30H28N2O4S/c1-18-14-23-21-8-4-2-6-19(21)16-25(27(23)33)29(35)31-10-12-37-13-11-32-30(36)26-17-20-7-3-5-9-22(20)24(15-18)28(26)34/h2-9,16-17,33-34H,1,10-15H2,(H,31,35)(H,32,36). The average Bonchev–Trinajstić information content (AvgIpc) is 2.90. The number of thioether (sulfide) groups is 1. The molecule has 4 aromatic rings. The highest BCUT2D eigenvalue weighted by atomic mass is 32.2. The number of fused-ring (bicyclic) bond motifs is 8. The van der Waals surface area contributed by atoms with Gasteiger partial charge in [0.15, 0.2) is 0 Å². The van der Waals surface area contributed by atoms with Crippen LogP contribution in [0.3, 0.4) is 0 Å². The third kappa shape index (κ3) is 5.00. The van der Waals surface area contributed by atoms with Crippen LogP contribution in [0.5, 0.6) is 11.5 Å². The number of phenolic OH excluding ortho intramolecular Hbond substituents is 2. The van der Waals surface area contributed by atoms with Crippen LogP contribution in [0.25, 0.3) is 21.5 Å². The molecule has 1 aliphatic heterocycles. The lowest BCUT2D eigenvalue weighted by Crippen LogP contribution is -2.28. The Morgan fingerprint density at radius 2 is 1.14 bits per heavy atom. The van der Waals surface area contributed by atoms with E-state index in [1.807, 2.05) is 48.5 Å². The summed E-state index contributed by atoms with van der Waals surface area (Å²) < 4.78 is 0. The fourth-order valence-electron chi connectivity index (χ4n) is 4.86. The zero-order valence-electron chi connectivity index (χ0n) is 20.3. The number of nitrogens with one attached hydrogen (secondary N) is 2. The summed E-state index contributed by atoms with van der Waals surface area (Å²) in [5, 5.41) is 31.6. The molecule has 4 aromatic carbocycles. The van der Waals surface area contributed by atoms with Crippen LogP contribution in [0.2, 0.25) is 0 Å². The number of hydrogen-bond donors (Lipinski definition) is 4. The lowest BCUT2D eigenvalue weighted by atomic mass is 9.90. The van der Waals surface area contributed by atoms with Crippen molar-refractivity contribution >= 4 is 45.1 Å². The van der Waals surface area contributed by atoms with Gasteiger partial charge in [-0.05, 0) is 46.5 Å². The van der Waals surface area contributed by atoms with E-state index in [-0.39, 0.29) is 34.4 Å². The van der Waals surface area contributed by atoms with Crippen molar-refractivity contribution in [1.82, 2.24) is 10.6 Å². The summed E-state index contributed by atoms with van der Waals surface area (Å²) in [6.07, 6.45) is 0.598. The minimum absolute atomic E-state index is 0.0617. The van der Waals surface area contributed by atoms with Gasteiger partial charge in [-0.3, -0.25) is 9.59 Å².